The summed E-state index contributed by atoms with van der Waals surface area (Å²) < 4.78 is 6.22. The van der Waals surface area contributed by atoms with Gasteiger partial charge in [0, 0.05) is 12.5 Å². The number of β-lactam (4-membered cyclic amide) rings is 1. The van der Waals surface area contributed by atoms with E-state index in [1.165, 1.54) is 0 Å². The first-order chi connectivity index (χ1) is 8.41. The normalized spacial score (nSPS) is 29.8. The predicted molar refractivity (Wildman–Crippen MR) is 71.1 cm³/mol. The molecule has 0 radical (unpaired) electrons. The van der Waals surface area contributed by atoms with Gasteiger partial charge in [0.2, 0.25) is 5.91 Å². The number of esters is 1. The number of allylic oxidation sites excluding steroid dienone is 1. The van der Waals surface area contributed by atoms with Crippen molar-refractivity contribution in [3.63, 3.8) is 0 Å². The molecule has 18 heavy (non-hydrogen) atoms. The highest BCUT2D eigenvalue weighted by atomic mass is 79.9. The maximum Gasteiger partial charge on any atom is 0.333 e. The van der Waals surface area contributed by atoms with Crippen LogP contribution in [0.2, 0.25) is 0 Å². The summed E-state index contributed by atoms with van der Waals surface area (Å²) in [5.74, 6) is -0.256. The van der Waals surface area contributed by atoms with Crippen molar-refractivity contribution in [1.82, 2.24) is 4.90 Å². The maximum absolute atomic E-state index is 12.2. The quantitative estimate of drug-likeness (QED) is 0.580. The van der Waals surface area contributed by atoms with Gasteiger partial charge in [0.1, 0.15) is 0 Å². The van der Waals surface area contributed by atoms with Gasteiger partial charge in [0.05, 0.1) is 6.10 Å². The summed E-state index contributed by atoms with van der Waals surface area (Å²) in [6.45, 7) is 5.55. The van der Waals surface area contributed by atoms with Crippen LogP contribution < -0.4 is 0 Å². The lowest BCUT2D eigenvalue weighted by molar-refractivity contribution is -0.167. The number of hydrogen-bond donors (Lipinski definition) is 0. The third-order valence-electron chi connectivity index (χ3n) is 3.46. The highest BCUT2D eigenvalue weighted by molar-refractivity contribution is 9.11. The summed E-state index contributed by atoms with van der Waals surface area (Å²) in [5, 5.41) is 0. The molecule has 0 unspecified atom stereocenters. The summed E-state index contributed by atoms with van der Waals surface area (Å²) in [6, 6.07) is -0.301. The van der Waals surface area contributed by atoms with Crippen LogP contribution in [0.3, 0.4) is 0 Å². The Balaban J connectivity index is 2.26. The minimum absolute atomic E-state index is 0.0525. The van der Waals surface area contributed by atoms with Gasteiger partial charge in [-0.1, -0.05) is 15.9 Å². The number of rotatable bonds is 2. The minimum atomic E-state index is -0.522. The Kier molecular flexibility index (Phi) is 3.80. The molecule has 2 rings (SSSR count). The molecular formula is C13H18BrNO3. The third kappa shape index (κ3) is 2.32. The van der Waals surface area contributed by atoms with Crippen molar-refractivity contribution in [2.45, 2.75) is 58.2 Å². The first-order valence-electron chi connectivity index (χ1n) is 6.28. The van der Waals surface area contributed by atoms with E-state index < -0.39 is 6.04 Å². The van der Waals surface area contributed by atoms with E-state index in [4.69, 9.17) is 4.74 Å². The second kappa shape index (κ2) is 5.03. The number of amides is 1. The van der Waals surface area contributed by atoms with Gasteiger partial charge in [0.25, 0.3) is 0 Å². The fourth-order valence-electron chi connectivity index (χ4n) is 2.63. The lowest BCUT2D eigenvalue weighted by atomic mass is 9.83. The lowest BCUT2D eigenvalue weighted by Crippen LogP contribution is -2.63. The molecule has 1 amide bonds. The van der Waals surface area contributed by atoms with Crippen LogP contribution in [0.15, 0.2) is 10.1 Å². The van der Waals surface area contributed by atoms with Crippen LogP contribution in [0.1, 0.15) is 40.0 Å². The molecule has 2 aliphatic rings. The number of hydrogen-bond acceptors (Lipinski definition) is 3. The maximum atomic E-state index is 12.2. The van der Waals surface area contributed by atoms with Gasteiger partial charge >= 0.3 is 5.97 Å². The van der Waals surface area contributed by atoms with Gasteiger partial charge in [-0.3, -0.25) is 4.79 Å². The van der Waals surface area contributed by atoms with Crippen molar-refractivity contribution in [2.75, 3.05) is 0 Å². The van der Waals surface area contributed by atoms with Crippen molar-refractivity contribution in [1.29, 1.82) is 0 Å². The first-order valence-corrected chi connectivity index (χ1v) is 7.08. The summed E-state index contributed by atoms with van der Waals surface area (Å²) >= 11 is 3.44. The second-order valence-corrected chi connectivity index (χ2v) is 6.33. The van der Waals surface area contributed by atoms with Crippen molar-refractivity contribution >= 4 is 27.8 Å². The Hall–Kier alpha value is -0.840. The molecular weight excluding hydrogens is 298 g/mol. The summed E-state index contributed by atoms with van der Waals surface area (Å²) in [6.07, 6.45) is 2.20. The van der Waals surface area contributed by atoms with Crippen molar-refractivity contribution in [3.05, 3.63) is 10.1 Å². The van der Waals surface area contributed by atoms with Crippen LogP contribution in [-0.2, 0) is 14.3 Å². The second-order valence-electron chi connectivity index (χ2n) is 5.14. The standard InChI is InChI=1S/C13H18BrNO3/c1-7(2)18-13(17)12-10(8(3)14)5-4-9-6-11(16)15(9)12/h7,9,12H,4-6H2,1-3H3/b10-8+/t9-,12-/m1/s1. The topological polar surface area (TPSA) is 46.6 Å². The van der Waals surface area contributed by atoms with Crippen molar-refractivity contribution < 1.29 is 14.3 Å². The molecule has 2 heterocycles. The van der Waals surface area contributed by atoms with E-state index in [0.29, 0.717) is 6.42 Å². The highest BCUT2D eigenvalue weighted by Gasteiger charge is 2.49. The van der Waals surface area contributed by atoms with Crippen LogP contribution in [0.5, 0.6) is 0 Å². The smallest absolute Gasteiger partial charge is 0.333 e. The average molecular weight is 316 g/mol. The van der Waals surface area contributed by atoms with Crippen LogP contribution in [-0.4, -0.2) is 35.0 Å². The molecule has 2 atom stereocenters. The number of carbonyl (C=O) groups is 2. The van der Waals surface area contributed by atoms with Gasteiger partial charge in [-0.05, 0) is 43.7 Å². The average Bonchev–Trinajstić information content (AvgIpc) is 2.25. The van der Waals surface area contributed by atoms with Gasteiger partial charge in [-0.25, -0.2) is 4.79 Å². The predicted octanol–water partition coefficient (Wildman–Crippen LogP) is 2.37. The summed E-state index contributed by atoms with van der Waals surface area (Å²) in [5.41, 5.74) is 0.977. The monoisotopic (exact) mass is 315 g/mol. The molecule has 2 fully saturated rings. The molecule has 0 aromatic carbocycles. The Morgan fingerprint density at radius 2 is 2.17 bits per heavy atom. The molecule has 0 saturated carbocycles. The molecule has 4 nitrogen and oxygen atoms in total. The van der Waals surface area contributed by atoms with Crippen LogP contribution in [0, 0.1) is 0 Å². The Morgan fingerprint density at radius 3 is 2.67 bits per heavy atom. The number of fused-ring (bicyclic) bond motifs is 1. The number of piperidine rings is 1. The van der Waals surface area contributed by atoms with Crippen LogP contribution >= 0.6 is 15.9 Å². The van der Waals surface area contributed by atoms with E-state index in [1.807, 2.05) is 20.8 Å². The van der Waals surface area contributed by atoms with Crippen molar-refractivity contribution in [3.8, 4) is 0 Å². The van der Waals surface area contributed by atoms with Gasteiger partial charge in [0.15, 0.2) is 6.04 Å². The Labute approximate surface area is 115 Å². The SMILES string of the molecule is C/C(Br)=C1/CC[C@@H]2CC(=O)N2[C@H]1C(=O)OC(C)C. The molecule has 2 saturated heterocycles. The zero-order chi connectivity index (χ0) is 13.4. The molecule has 0 bridgehead atoms. The van der Waals surface area contributed by atoms with E-state index >= 15 is 0 Å². The number of ether oxygens (including phenoxy) is 1. The third-order valence-corrected chi connectivity index (χ3v) is 3.97. The van der Waals surface area contributed by atoms with Gasteiger partial charge < -0.3 is 9.64 Å². The first kappa shape index (κ1) is 13.6. The van der Waals surface area contributed by atoms with E-state index in [-0.39, 0.29) is 24.0 Å². The van der Waals surface area contributed by atoms with E-state index in [1.54, 1.807) is 4.90 Å². The number of carbonyl (C=O) groups excluding carboxylic acids is 2. The molecule has 0 aromatic rings. The van der Waals surface area contributed by atoms with E-state index in [2.05, 4.69) is 15.9 Å². The lowest BCUT2D eigenvalue weighted by Gasteiger charge is -2.49. The zero-order valence-corrected chi connectivity index (χ0v) is 12.5. The molecule has 100 valence electrons. The molecule has 0 spiro atoms. The van der Waals surface area contributed by atoms with E-state index in [9.17, 15) is 9.59 Å². The van der Waals surface area contributed by atoms with Crippen LogP contribution in [0.4, 0.5) is 0 Å². The van der Waals surface area contributed by atoms with Crippen molar-refractivity contribution in [2.24, 2.45) is 0 Å². The number of nitrogens with zero attached hydrogens (tertiary/aromatic N) is 1. The fourth-order valence-corrected chi connectivity index (χ4v) is 3.05. The summed E-state index contributed by atoms with van der Waals surface area (Å²) in [7, 11) is 0. The molecule has 0 N–H and O–H groups in total. The highest BCUT2D eigenvalue weighted by Crippen LogP contribution is 2.39. The molecule has 0 aromatic heterocycles. The minimum Gasteiger partial charge on any atom is -0.461 e. The zero-order valence-electron chi connectivity index (χ0n) is 10.9. The summed E-state index contributed by atoms with van der Waals surface area (Å²) in [4.78, 5) is 25.6. The fraction of sp³-hybridized carbons (Fsp3) is 0.692. The molecule has 0 aliphatic carbocycles. The van der Waals surface area contributed by atoms with E-state index in [0.717, 1.165) is 22.9 Å². The Morgan fingerprint density at radius 1 is 1.50 bits per heavy atom. The van der Waals surface area contributed by atoms with Gasteiger partial charge in [-0.15, -0.1) is 0 Å². The van der Waals surface area contributed by atoms with Crippen LogP contribution in [0.25, 0.3) is 0 Å². The number of halogens is 1. The molecule has 5 heteroatoms. The largest absolute Gasteiger partial charge is 0.461 e. The molecule has 2 aliphatic heterocycles. The Bertz CT molecular complexity index is 412. The van der Waals surface area contributed by atoms with Gasteiger partial charge in [-0.2, -0.15) is 0 Å².